The van der Waals surface area contributed by atoms with E-state index in [-0.39, 0.29) is 17.8 Å². The summed E-state index contributed by atoms with van der Waals surface area (Å²) in [5.74, 6) is 0.708. The number of allylic oxidation sites excluding steroid dienone is 1. The molecule has 0 radical (unpaired) electrons. The van der Waals surface area contributed by atoms with Crippen LogP contribution in [0.25, 0.3) is 17.2 Å². The van der Waals surface area contributed by atoms with Gasteiger partial charge in [-0.3, -0.25) is 13.9 Å². The summed E-state index contributed by atoms with van der Waals surface area (Å²) in [5.41, 5.74) is 3.48. The quantitative estimate of drug-likeness (QED) is 0.500. The van der Waals surface area contributed by atoms with Crippen LogP contribution in [0.5, 0.6) is 0 Å². The van der Waals surface area contributed by atoms with Crippen LogP contribution in [0.4, 0.5) is 11.6 Å². The summed E-state index contributed by atoms with van der Waals surface area (Å²) < 4.78 is 4.71. The number of hydrogen-bond donors (Lipinski definition) is 0. The molecule has 0 unspecified atom stereocenters. The summed E-state index contributed by atoms with van der Waals surface area (Å²) in [6.07, 6.45) is 4.65. The van der Waals surface area contributed by atoms with E-state index in [0.29, 0.717) is 23.7 Å². The van der Waals surface area contributed by atoms with Crippen molar-refractivity contribution < 1.29 is 0 Å². The van der Waals surface area contributed by atoms with Crippen LogP contribution in [0.1, 0.15) is 17.5 Å². The van der Waals surface area contributed by atoms with Crippen LogP contribution in [0.3, 0.4) is 0 Å². The van der Waals surface area contributed by atoms with Crippen molar-refractivity contribution >= 4 is 28.9 Å². The smallest absolute Gasteiger partial charge is 0.312 e. The van der Waals surface area contributed by atoms with Crippen LogP contribution in [0, 0.1) is 6.92 Å². The number of fused-ring (bicyclic) bond motifs is 3. The maximum Gasteiger partial charge on any atom is 0.332 e. The van der Waals surface area contributed by atoms with Crippen LogP contribution in [-0.2, 0) is 20.1 Å². The zero-order valence-electron chi connectivity index (χ0n) is 18.2. The zero-order valence-corrected chi connectivity index (χ0v) is 18.2. The Kier molecular flexibility index (Phi) is 5.01. The van der Waals surface area contributed by atoms with Gasteiger partial charge in [0.25, 0.3) is 5.56 Å². The summed E-state index contributed by atoms with van der Waals surface area (Å²) in [4.78, 5) is 33.2. The van der Waals surface area contributed by atoms with Gasteiger partial charge in [-0.2, -0.15) is 4.98 Å². The molecule has 7 nitrogen and oxygen atoms in total. The maximum atomic E-state index is 13.4. The zero-order chi connectivity index (χ0) is 22.2. The highest BCUT2D eigenvalue weighted by molar-refractivity contribution is 5.77. The molecule has 1 aliphatic rings. The Bertz CT molecular complexity index is 1430. The third-order valence-corrected chi connectivity index (χ3v) is 5.96. The summed E-state index contributed by atoms with van der Waals surface area (Å²) in [5, 5.41) is 0. The van der Waals surface area contributed by atoms with Gasteiger partial charge in [0.2, 0.25) is 5.95 Å². The Labute approximate surface area is 185 Å². The number of aromatic nitrogens is 4. The Morgan fingerprint density at radius 2 is 1.75 bits per heavy atom. The number of aryl methyl sites for hydroxylation is 3. The van der Waals surface area contributed by atoms with Crippen LogP contribution in [0.2, 0.25) is 0 Å². The van der Waals surface area contributed by atoms with E-state index in [9.17, 15) is 9.59 Å². The predicted octanol–water partition coefficient (Wildman–Crippen LogP) is 3.46. The van der Waals surface area contributed by atoms with Crippen molar-refractivity contribution in [2.75, 3.05) is 11.4 Å². The van der Waals surface area contributed by atoms with Crippen molar-refractivity contribution in [2.24, 2.45) is 7.05 Å². The Balaban J connectivity index is 1.60. The molecule has 0 fully saturated rings. The molecule has 4 aromatic rings. The van der Waals surface area contributed by atoms with Crippen LogP contribution < -0.4 is 16.1 Å². The maximum absolute atomic E-state index is 13.4. The molecule has 0 spiro atoms. The van der Waals surface area contributed by atoms with Crippen molar-refractivity contribution in [3.05, 3.63) is 92.6 Å². The molecule has 162 valence electrons. The average Bonchev–Trinajstić information content (AvgIpc) is 3.21. The average molecular weight is 428 g/mol. The van der Waals surface area contributed by atoms with Crippen molar-refractivity contribution in [1.82, 2.24) is 18.7 Å². The molecule has 0 amide bonds. The molecule has 0 aliphatic carbocycles. The lowest BCUT2D eigenvalue weighted by molar-refractivity contribution is 0.598. The number of rotatable bonds is 4. The molecule has 3 heterocycles. The number of imidazole rings is 1. The second-order valence-corrected chi connectivity index (χ2v) is 8.15. The van der Waals surface area contributed by atoms with E-state index in [2.05, 4.69) is 36.1 Å². The second kappa shape index (κ2) is 8.00. The first-order valence-corrected chi connectivity index (χ1v) is 10.8. The molecule has 0 N–H and O–H groups in total. The normalized spacial score (nSPS) is 13.8. The Morgan fingerprint density at radius 1 is 1.00 bits per heavy atom. The largest absolute Gasteiger partial charge is 0.332 e. The van der Waals surface area contributed by atoms with Gasteiger partial charge in [-0.15, -0.1) is 0 Å². The minimum atomic E-state index is -0.363. The summed E-state index contributed by atoms with van der Waals surface area (Å²) in [6, 6.07) is 18.1. The lowest BCUT2D eigenvalue weighted by Gasteiger charge is -2.29. The highest BCUT2D eigenvalue weighted by atomic mass is 16.2. The van der Waals surface area contributed by atoms with Gasteiger partial charge in [0.1, 0.15) is 0 Å². The third kappa shape index (κ3) is 3.36. The van der Waals surface area contributed by atoms with Gasteiger partial charge in [-0.25, -0.2) is 4.79 Å². The van der Waals surface area contributed by atoms with Gasteiger partial charge in [0, 0.05) is 32.4 Å². The first kappa shape index (κ1) is 20.1. The first-order chi connectivity index (χ1) is 15.5. The standard InChI is InChI=1S/C25H25N5O2/c1-18-11-13-20(14-12-18)28-16-7-17-29-21-22(26-24(28)29)27(2)25(32)30(23(21)31)15-6-10-19-8-4-3-5-9-19/h3-6,8-14H,7,15-17H2,1-2H3/b10-6+. The first-order valence-electron chi connectivity index (χ1n) is 10.8. The lowest BCUT2D eigenvalue weighted by Crippen LogP contribution is -2.39. The molecule has 0 atom stereocenters. The van der Waals surface area contributed by atoms with Crippen molar-refractivity contribution in [1.29, 1.82) is 0 Å². The molecule has 0 saturated heterocycles. The van der Waals surface area contributed by atoms with E-state index >= 15 is 0 Å². The lowest BCUT2D eigenvalue weighted by atomic mass is 10.2. The fourth-order valence-electron chi connectivity index (χ4n) is 4.25. The van der Waals surface area contributed by atoms with E-state index < -0.39 is 0 Å². The van der Waals surface area contributed by atoms with Gasteiger partial charge in [0.05, 0.1) is 0 Å². The van der Waals surface area contributed by atoms with Crippen LogP contribution in [0.15, 0.2) is 70.3 Å². The number of benzene rings is 2. The van der Waals surface area contributed by atoms with E-state index in [1.165, 1.54) is 14.7 Å². The molecular formula is C25H25N5O2. The van der Waals surface area contributed by atoms with Gasteiger partial charge in [-0.1, -0.05) is 60.2 Å². The van der Waals surface area contributed by atoms with E-state index in [1.807, 2.05) is 47.1 Å². The van der Waals surface area contributed by atoms with Gasteiger partial charge in [-0.05, 0) is 31.0 Å². The summed E-state index contributed by atoms with van der Waals surface area (Å²) in [7, 11) is 1.68. The van der Waals surface area contributed by atoms with E-state index in [1.54, 1.807) is 7.05 Å². The molecule has 0 bridgehead atoms. The minimum absolute atomic E-state index is 0.207. The molecule has 5 rings (SSSR count). The monoisotopic (exact) mass is 427 g/mol. The van der Waals surface area contributed by atoms with Gasteiger partial charge < -0.3 is 9.47 Å². The van der Waals surface area contributed by atoms with Gasteiger partial charge in [0.15, 0.2) is 11.2 Å². The molecule has 2 aromatic carbocycles. The van der Waals surface area contributed by atoms with E-state index in [0.717, 1.165) is 24.2 Å². The summed E-state index contributed by atoms with van der Waals surface area (Å²) in [6.45, 7) is 3.77. The summed E-state index contributed by atoms with van der Waals surface area (Å²) >= 11 is 0. The Morgan fingerprint density at radius 3 is 2.50 bits per heavy atom. The van der Waals surface area contributed by atoms with E-state index in [4.69, 9.17) is 4.98 Å². The van der Waals surface area contributed by atoms with Crippen molar-refractivity contribution in [3.63, 3.8) is 0 Å². The van der Waals surface area contributed by atoms with Crippen LogP contribution >= 0.6 is 0 Å². The molecule has 2 aromatic heterocycles. The van der Waals surface area contributed by atoms with Gasteiger partial charge >= 0.3 is 5.69 Å². The number of anilines is 2. The fraction of sp³-hybridized carbons (Fsp3) is 0.240. The number of hydrogen-bond acceptors (Lipinski definition) is 4. The highest BCUT2D eigenvalue weighted by Gasteiger charge is 2.26. The van der Waals surface area contributed by atoms with Crippen molar-refractivity contribution in [3.8, 4) is 0 Å². The predicted molar refractivity (Wildman–Crippen MR) is 128 cm³/mol. The minimum Gasteiger partial charge on any atom is -0.312 e. The third-order valence-electron chi connectivity index (χ3n) is 5.96. The molecule has 7 heteroatoms. The molecular weight excluding hydrogens is 402 g/mol. The Hall–Kier alpha value is -3.87. The molecule has 0 saturated carbocycles. The SMILES string of the molecule is Cc1ccc(N2CCCn3c2nc2c3c(=O)n(C/C=C/c3ccccc3)c(=O)n2C)cc1. The molecule has 32 heavy (non-hydrogen) atoms. The molecule has 1 aliphatic heterocycles. The number of nitrogens with zero attached hydrogens (tertiary/aromatic N) is 5. The van der Waals surface area contributed by atoms with Crippen molar-refractivity contribution in [2.45, 2.75) is 26.4 Å². The highest BCUT2D eigenvalue weighted by Crippen LogP contribution is 2.30. The van der Waals surface area contributed by atoms with Crippen LogP contribution in [-0.4, -0.2) is 25.2 Å². The fourth-order valence-corrected chi connectivity index (χ4v) is 4.25. The second-order valence-electron chi connectivity index (χ2n) is 8.15. The topological polar surface area (TPSA) is 65.1 Å².